The first-order valence-corrected chi connectivity index (χ1v) is 7.43. The summed E-state index contributed by atoms with van der Waals surface area (Å²) in [5.41, 5.74) is 6.24. The number of nitrogen functional groups attached to an aromatic ring is 1. The Bertz CT molecular complexity index is 765. The summed E-state index contributed by atoms with van der Waals surface area (Å²) in [6.45, 7) is 5.22. The number of anilines is 1. The highest BCUT2D eigenvalue weighted by Gasteiger charge is 2.22. The molecule has 6 heteroatoms. The van der Waals surface area contributed by atoms with Crippen LogP contribution >= 0.6 is 0 Å². The number of ether oxygens (including phenoxy) is 1. The first-order chi connectivity index (χ1) is 11.2. The molecular formula is C18H19FN2O3. The van der Waals surface area contributed by atoms with Crippen LogP contribution in [0.4, 0.5) is 10.1 Å². The lowest BCUT2D eigenvalue weighted by Crippen LogP contribution is -2.25. The summed E-state index contributed by atoms with van der Waals surface area (Å²) < 4.78 is 18.2. The van der Waals surface area contributed by atoms with Gasteiger partial charge in [-0.3, -0.25) is 4.79 Å². The van der Waals surface area contributed by atoms with Crippen molar-refractivity contribution in [3.05, 3.63) is 59.2 Å². The molecule has 0 unspecified atom stereocenters. The largest absolute Gasteiger partial charge is 0.455 e. The summed E-state index contributed by atoms with van der Waals surface area (Å²) in [5.74, 6) is -1.29. The van der Waals surface area contributed by atoms with Gasteiger partial charge in [-0.1, -0.05) is 0 Å². The monoisotopic (exact) mass is 330 g/mol. The SMILES string of the molecule is CC(C)(C)OC(=O)c1nccc(CC(=O)c2ccc(F)cc2)c1N. The summed E-state index contributed by atoms with van der Waals surface area (Å²) in [4.78, 5) is 28.4. The average Bonchev–Trinajstić information content (AvgIpc) is 2.48. The van der Waals surface area contributed by atoms with Gasteiger partial charge in [-0.25, -0.2) is 14.2 Å². The first-order valence-electron chi connectivity index (χ1n) is 7.43. The van der Waals surface area contributed by atoms with Crippen LogP contribution in [0.3, 0.4) is 0 Å². The van der Waals surface area contributed by atoms with E-state index in [9.17, 15) is 14.0 Å². The van der Waals surface area contributed by atoms with Crippen LogP contribution in [0.1, 0.15) is 47.2 Å². The zero-order valence-corrected chi connectivity index (χ0v) is 13.8. The van der Waals surface area contributed by atoms with E-state index >= 15 is 0 Å². The predicted molar refractivity (Wildman–Crippen MR) is 88.3 cm³/mol. The van der Waals surface area contributed by atoms with Crippen LogP contribution in [-0.4, -0.2) is 22.3 Å². The molecule has 0 aliphatic heterocycles. The zero-order chi connectivity index (χ0) is 17.9. The lowest BCUT2D eigenvalue weighted by molar-refractivity contribution is 0.00639. The Kier molecular flexibility index (Phi) is 4.97. The van der Waals surface area contributed by atoms with Crippen molar-refractivity contribution in [2.24, 2.45) is 0 Å². The third kappa shape index (κ3) is 4.38. The molecule has 0 amide bonds. The highest BCUT2D eigenvalue weighted by Crippen LogP contribution is 2.20. The summed E-state index contributed by atoms with van der Waals surface area (Å²) in [7, 11) is 0. The molecule has 1 aromatic carbocycles. The Morgan fingerprint density at radius 3 is 2.38 bits per heavy atom. The number of nitrogens with two attached hydrogens (primary N) is 1. The minimum atomic E-state index is -0.675. The maximum absolute atomic E-state index is 12.9. The number of pyridine rings is 1. The summed E-state index contributed by atoms with van der Waals surface area (Å²) in [6, 6.07) is 6.82. The van der Waals surface area contributed by atoms with E-state index in [1.807, 2.05) is 0 Å². The number of hydrogen-bond donors (Lipinski definition) is 1. The van der Waals surface area contributed by atoms with Gasteiger partial charge in [0.1, 0.15) is 11.4 Å². The van der Waals surface area contributed by atoms with Gasteiger partial charge in [0, 0.05) is 18.2 Å². The van der Waals surface area contributed by atoms with Crippen molar-refractivity contribution in [1.82, 2.24) is 4.98 Å². The predicted octanol–water partition coefficient (Wildman–Crippen LogP) is 3.18. The molecule has 0 radical (unpaired) electrons. The van der Waals surface area contributed by atoms with E-state index in [1.54, 1.807) is 26.8 Å². The number of benzene rings is 1. The summed E-state index contributed by atoms with van der Waals surface area (Å²) in [5, 5.41) is 0. The van der Waals surface area contributed by atoms with Gasteiger partial charge in [-0.05, 0) is 56.7 Å². The molecular weight excluding hydrogens is 311 g/mol. The van der Waals surface area contributed by atoms with Crippen LogP contribution in [0.15, 0.2) is 36.5 Å². The fourth-order valence-electron chi connectivity index (χ4n) is 2.07. The molecule has 5 nitrogen and oxygen atoms in total. The van der Waals surface area contributed by atoms with Crippen molar-refractivity contribution in [3.8, 4) is 0 Å². The number of hydrogen-bond acceptors (Lipinski definition) is 5. The van der Waals surface area contributed by atoms with E-state index in [1.165, 1.54) is 30.5 Å². The second-order valence-electron chi connectivity index (χ2n) is 6.34. The number of carbonyl (C=O) groups excluding carboxylic acids is 2. The number of carbonyl (C=O) groups is 2. The zero-order valence-electron chi connectivity index (χ0n) is 13.8. The smallest absolute Gasteiger partial charge is 0.359 e. The molecule has 0 spiro atoms. The number of Topliss-reactive ketones (excluding diaryl/α,β-unsaturated/α-hetero) is 1. The molecule has 0 aliphatic rings. The van der Waals surface area contributed by atoms with Crippen molar-refractivity contribution in [1.29, 1.82) is 0 Å². The van der Waals surface area contributed by atoms with E-state index in [-0.39, 0.29) is 23.6 Å². The lowest BCUT2D eigenvalue weighted by Gasteiger charge is -2.20. The van der Waals surface area contributed by atoms with Crippen molar-refractivity contribution in [2.75, 3.05) is 5.73 Å². The Morgan fingerprint density at radius 1 is 1.17 bits per heavy atom. The fourth-order valence-corrected chi connectivity index (χ4v) is 2.07. The second-order valence-corrected chi connectivity index (χ2v) is 6.34. The van der Waals surface area contributed by atoms with Crippen LogP contribution in [-0.2, 0) is 11.2 Å². The number of rotatable bonds is 4. The number of ketones is 1. The maximum atomic E-state index is 12.9. The highest BCUT2D eigenvalue weighted by atomic mass is 19.1. The van der Waals surface area contributed by atoms with E-state index in [4.69, 9.17) is 10.5 Å². The number of aromatic nitrogens is 1. The Balaban J connectivity index is 2.23. The van der Waals surface area contributed by atoms with E-state index in [0.717, 1.165) is 0 Å². The van der Waals surface area contributed by atoms with Gasteiger partial charge in [0.15, 0.2) is 11.5 Å². The molecule has 1 heterocycles. The normalized spacial score (nSPS) is 11.2. The molecule has 126 valence electrons. The molecule has 0 saturated carbocycles. The lowest BCUT2D eigenvalue weighted by atomic mass is 10.0. The van der Waals surface area contributed by atoms with Crippen LogP contribution in [0.5, 0.6) is 0 Å². The second kappa shape index (κ2) is 6.78. The minimum absolute atomic E-state index is 0.0181. The average molecular weight is 330 g/mol. The van der Waals surface area contributed by atoms with Crippen molar-refractivity contribution in [2.45, 2.75) is 32.8 Å². The van der Waals surface area contributed by atoms with E-state index < -0.39 is 17.4 Å². The Hall–Kier alpha value is -2.76. The Labute approximate surface area is 139 Å². The standard InChI is InChI=1S/C18H19FN2O3/c1-18(2,3)24-17(23)16-15(20)12(8-9-21-16)10-14(22)11-4-6-13(19)7-5-11/h4-9H,10,20H2,1-3H3. The van der Waals surface area contributed by atoms with Gasteiger partial charge < -0.3 is 10.5 Å². The fraction of sp³-hybridized carbons (Fsp3) is 0.278. The summed E-state index contributed by atoms with van der Waals surface area (Å²) in [6.07, 6.45) is 1.39. The highest BCUT2D eigenvalue weighted by molar-refractivity contribution is 5.99. The topological polar surface area (TPSA) is 82.3 Å². The molecule has 24 heavy (non-hydrogen) atoms. The van der Waals surface area contributed by atoms with Crippen LogP contribution in [0.25, 0.3) is 0 Å². The molecule has 0 saturated heterocycles. The van der Waals surface area contributed by atoms with Crippen molar-refractivity contribution < 1.29 is 18.7 Å². The van der Waals surface area contributed by atoms with E-state index in [2.05, 4.69) is 4.98 Å². The quantitative estimate of drug-likeness (QED) is 0.688. The van der Waals surface area contributed by atoms with Crippen LogP contribution in [0, 0.1) is 5.82 Å². The van der Waals surface area contributed by atoms with Gasteiger partial charge in [-0.2, -0.15) is 0 Å². The summed E-state index contributed by atoms with van der Waals surface area (Å²) >= 11 is 0. The third-order valence-corrected chi connectivity index (χ3v) is 3.19. The van der Waals surface area contributed by atoms with Crippen molar-refractivity contribution in [3.63, 3.8) is 0 Å². The molecule has 2 rings (SSSR count). The van der Waals surface area contributed by atoms with Crippen LogP contribution in [0.2, 0.25) is 0 Å². The molecule has 0 atom stereocenters. The van der Waals surface area contributed by atoms with Crippen molar-refractivity contribution >= 4 is 17.4 Å². The van der Waals surface area contributed by atoms with Gasteiger partial charge in [-0.15, -0.1) is 0 Å². The first kappa shape index (κ1) is 17.6. The van der Waals surface area contributed by atoms with Gasteiger partial charge in [0.05, 0.1) is 5.69 Å². The minimum Gasteiger partial charge on any atom is -0.455 e. The molecule has 0 aliphatic carbocycles. The molecule has 2 N–H and O–H groups in total. The van der Waals surface area contributed by atoms with Gasteiger partial charge in [0.25, 0.3) is 0 Å². The number of halogens is 1. The third-order valence-electron chi connectivity index (χ3n) is 3.19. The Morgan fingerprint density at radius 2 is 1.79 bits per heavy atom. The molecule has 2 aromatic rings. The van der Waals surface area contributed by atoms with Gasteiger partial charge in [0.2, 0.25) is 0 Å². The molecule has 0 bridgehead atoms. The number of nitrogens with zero attached hydrogens (tertiary/aromatic N) is 1. The molecule has 0 fully saturated rings. The van der Waals surface area contributed by atoms with Gasteiger partial charge >= 0.3 is 5.97 Å². The molecule has 1 aromatic heterocycles. The van der Waals surface area contributed by atoms with E-state index in [0.29, 0.717) is 11.1 Å². The number of esters is 1. The van der Waals surface area contributed by atoms with Crippen LogP contribution < -0.4 is 5.73 Å². The maximum Gasteiger partial charge on any atom is 0.359 e.